The maximum absolute atomic E-state index is 12.4. The first-order chi connectivity index (χ1) is 14.1. The van der Waals surface area contributed by atoms with E-state index in [1.54, 1.807) is 13.0 Å². The van der Waals surface area contributed by atoms with Crippen molar-refractivity contribution >= 4 is 17.9 Å². The predicted molar refractivity (Wildman–Crippen MR) is 106 cm³/mol. The molecule has 0 bridgehead atoms. The van der Waals surface area contributed by atoms with Crippen molar-refractivity contribution < 1.29 is 23.9 Å². The third-order valence-electron chi connectivity index (χ3n) is 4.38. The van der Waals surface area contributed by atoms with Crippen molar-refractivity contribution in [1.29, 1.82) is 0 Å². The molecule has 2 atom stereocenters. The summed E-state index contributed by atoms with van der Waals surface area (Å²) in [6, 6.07) is 14.3. The molecule has 8 nitrogen and oxygen atoms in total. The fourth-order valence-electron chi connectivity index (χ4n) is 3.01. The second-order valence-corrected chi connectivity index (χ2v) is 6.64. The van der Waals surface area contributed by atoms with Gasteiger partial charge in [-0.2, -0.15) is 0 Å². The summed E-state index contributed by atoms with van der Waals surface area (Å²) < 4.78 is 10.4. The van der Waals surface area contributed by atoms with Crippen LogP contribution in [-0.4, -0.2) is 42.3 Å². The van der Waals surface area contributed by atoms with Crippen LogP contribution in [0.5, 0.6) is 0 Å². The van der Waals surface area contributed by atoms with E-state index in [-0.39, 0.29) is 25.7 Å². The van der Waals surface area contributed by atoms with Crippen LogP contribution < -0.4 is 10.4 Å². The number of ether oxygens (including phenoxy) is 2. The molecule has 1 fully saturated rings. The second kappa shape index (κ2) is 9.88. The van der Waals surface area contributed by atoms with E-state index in [4.69, 9.17) is 14.3 Å². The molecule has 0 unspecified atom stereocenters. The number of hydroxylamine groups is 1. The fourth-order valence-corrected chi connectivity index (χ4v) is 3.01. The number of benzene rings is 1. The molecule has 29 heavy (non-hydrogen) atoms. The van der Waals surface area contributed by atoms with Gasteiger partial charge in [-0.1, -0.05) is 36.4 Å². The Kier molecular flexibility index (Phi) is 7.02. The average molecular weight is 399 g/mol. The number of aryl methyl sites for hydroxylation is 1. The highest BCUT2D eigenvalue weighted by molar-refractivity contribution is 5.79. The molecule has 0 spiro atoms. The highest BCUT2D eigenvalue weighted by atomic mass is 16.7. The number of hydrogen-bond donors (Lipinski definition) is 1. The first-order valence-corrected chi connectivity index (χ1v) is 9.57. The van der Waals surface area contributed by atoms with Gasteiger partial charge in [0.2, 0.25) is 0 Å². The van der Waals surface area contributed by atoms with E-state index in [2.05, 4.69) is 10.3 Å². The Balaban J connectivity index is 1.57. The number of esters is 1. The number of anilines is 1. The summed E-state index contributed by atoms with van der Waals surface area (Å²) in [4.78, 5) is 34.7. The number of amides is 1. The lowest BCUT2D eigenvalue weighted by atomic mass is 10.1. The van der Waals surface area contributed by atoms with Crippen LogP contribution in [0.4, 0.5) is 10.6 Å². The van der Waals surface area contributed by atoms with E-state index in [9.17, 15) is 9.59 Å². The lowest BCUT2D eigenvalue weighted by molar-refractivity contribution is -0.145. The summed E-state index contributed by atoms with van der Waals surface area (Å²) in [5.74, 6) is 0.141. The van der Waals surface area contributed by atoms with E-state index in [0.29, 0.717) is 12.2 Å². The SMILES string of the molecule is CCOC(=O)[C@H]1C[C@H](CNC(=O)OCc2ccccc2)ON1c1cccc(C)n1. The lowest BCUT2D eigenvalue weighted by Gasteiger charge is -2.22. The van der Waals surface area contributed by atoms with Crippen LogP contribution >= 0.6 is 0 Å². The smallest absolute Gasteiger partial charge is 0.407 e. The Labute approximate surface area is 169 Å². The van der Waals surface area contributed by atoms with Gasteiger partial charge in [-0.05, 0) is 31.5 Å². The van der Waals surface area contributed by atoms with Crippen molar-refractivity contribution in [3.63, 3.8) is 0 Å². The van der Waals surface area contributed by atoms with Gasteiger partial charge in [0.05, 0.1) is 6.61 Å². The number of rotatable bonds is 7. The van der Waals surface area contributed by atoms with Gasteiger partial charge in [0, 0.05) is 18.7 Å². The highest BCUT2D eigenvalue weighted by Gasteiger charge is 2.40. The molecule has 2 aromatic rings. The summed E-state index contributed by atoms with van der Waals surface area (Å²) in [6.07, 6.45) is -0.582. The van der Waals surface area contributed by atoms with Gasteiger partial charge in [0.15, 0.2) is 11.9 Å². The maximum atomic E-state index is 12.4. The molecule has 2 heterocycles. The molecule has 8 heteroatoms. The molecule has 1 amide bonds. The van der Waals surface area contributed by atoms with Crippen LogP contribution in [0.3, 0.4) is 0 Å². The van der Waals surface area contributed by atoms with Gasteiger partial charge < -0.3 is 14.8 Å². The summed E-state index contributed by atoms with van der Waals surface area (Å²) in [5.41, 5.74) is 1.71. The third-order valence-corrected chi connectivity index (χ3v) is 4.38. The number of carbonyl (C=O) groups excluding carboxylic acids is 2. The number of pyridine rings is 1. The van der Waals surface area contributed by atoms with Crippen LogP contribution in [0.1, 0.15) is 24.6 Å². The average Bonchev–Trinajstić information content (AvgIpc) is 3.16. The first kappa shape index (κ1) is 20.6. The first-order valence-electron chi connectivity index (χ1n) is 9.57. The van der Waals surface area contributed by atoms with Crippen LogP contribution in [0.2, 0.25) is 0 Å². The van der Waals surface area contributed by atoms with Crippen molar-refractivity contribution in [3.05, 3.63) is 59.8 Å². The molecule has 1 aliphatic rings. The maximum Gasteiger partial charge on any atom is 0.407 e. The number of alkyl carbamates (subject to hydrolysis) is 1. The van der Waals surface area contributed by atoms with Crippen LogP contribution in [0.15, 0.2) is 48.5 Å². The van der Waals surface area contributed by atoms with Crippen molar-refractivity contribution in [2.75, 3.05) is 18.2 Å². The van der Waals surface area contributed by atoms with Crippen molar-refractivity contribution in [1.82, 2.24) is 10.3 Å². The van der Waals surface area contributed by atoms with Crippen molar-refractivity contribution in [3.8, 4) is 0 Å². The summed E-state index contributed by atoms with van der Waals surface area (Å²) in [5, 5.41) is 4.15. The van der Waals surface area contributed by atoms with Crippen LogP contribution in [0, 0.1) is 6.92 Å². The number of nitrogens with zero attached hydrogens (tertiary/aromatic N) is 2. The monoisotopic (exact) mass is 399 g/mol. The molecule has 1 N–H and O–H groups in total. The molecule has 3 rings (SSSR count). The minimum Gasteiger partial charge on any atom is -0.464 e. The van der Waals surface area contributed by atoms with Gasteiger partial charge in [0.1, 0.15) is 12.7 Å². The van der Waals surface area contributed by atoms with Gasteiger partial charge >= 0.3 is 12.1 Å². The largest absolute Gasteiger partial charge is 0.464 e. The molecule has 0 radical (unpaired) electrons. The molecule has 1 aromatic carbocycles. The third kappa shape index (κ3) is 5.68. The topological polar surface area (TPSA) is 90.0 Å². The standard InChI is InChI=1S/C21H25N3O5/c1-3-27-20(25)18-12-17(29-24(18)19-11-7-8-15(2)23-19)13-22-21(26)28-14-16-9-5-4-6-10-16/h4-11,17-18H,3,12-14H2,1-2H3,(H,22,26)/t17-,18-/m1/s1. The zero-order chi connectivity index (χ0) is 20.6. The van der Waals surface area contributed by atoms with E-state index in [1.165, 1.54) is 5.06 Å². The van der Waals surface area contributed by atoms with Gasteiger partial charge in [0.25, 0.3) is 0 Å². The van der Waals surface area contributed by atoms with E-state index >= 15 is 0 Å². The van der Waals surface area contributed by atoms with Gasteiger partial charge in [-0.3, -0.25) is 4.84 Å². The Hall–Kier alpha value is -3.13. The minimum atomic E-state index is -0.628. The van der Waals surface area contributed by atoms with Crippen molar-refractivity contribution in [2.45, 2.75) is 39.0 Å². The van der Waals surface area contributed by atoms with Crippen molar-refractivity contribution in [2.24, 2.45) is 0 Å². The Morgan fingerprint density at radius 1 is 1.17 bits per heavy atom. The number of carbonyl (C=O) groups is 2. The zero-order valence-corrected chi connectivity index (χ0v) is 16.5. The molecular formula is C21H25N3O5. The van der Waals surface area contributed by atoms with E-state index in [1.807, 2.05) is 49.4 Å². The lowest BCUT2D eigenvalue weighted by Crippen LogP contribution is -2.37. The number of nitrogens with one attached hydrogen (secondary N) is 1. The molecular weight excluding hydrogens is 374 g/mol. The molecule has 1 saturated heterocycles. The summed E-state index contributed by atoms with van der Waals surface area (Å²) >= 11 is 0. The minimum absolute atomic E-state index is 0.184. The molecule has 154 valence electrons. The highest BCUT2D eigenvalue weighted by Crippen LogP contribution is 2.27. The normalized spacial score (nSPS) is 18.3. The van der Waals surface area contributed by atoms with Crippen LogP contribution in [0.25, 0.3) is 0 Å². The van der Waals surface area contributed by atoms with E-state index < -0.39 is 18.2 Å². The van der Waals surface area contributed by atoms with Gasteiger partial charge in [-0.15, -0.1) is 0 Å². The summed E-state index contributed by atoms with van der Waals surface area (Å²) in [7, 11) is 0. The quantitative estimate of drug-likeness (QED) is 0.716. The number of hydrogen-bond acceptors (Lipinski definition) is 7. The predicted octanol–water partition coefficient (Wildman–Crippen LogP) is 2.76. The second-order valence-electron chi connectivity index (χ2n) is 6.64. The Bertz CT molecular complexity index is 830. The molecule has 0 saturated carbocycles. The summed E-state index contributed by atoms with van der Waals surface area (Å²) in [6.45, 7) is 4.28. The fraction of sp³-hybridized carbons (Fsp3) is 0.381. The van der Waals surface area contributed by atoms with Gasteiger partial charge in [-0.25, -0.2) is 19.6 Å². The Morgan fingerprint density at radius 3 is 2.69 bits per heavy atom. The molecule has 0 aliphatic carbocycles. The molecule has 1 aliphatic heterocycles. The molecule has 1 aromatic heterocycles. The van der Waals surface area contributed by atoms with Crippen LogP contribution in [-0.2, 0) is 25.7 Å². The zero-order valence-electron chi connectivity index (χ0n) is 16.5. The number of aromatic nitrogens is 1. The van der Waals surface area contributed by atoms with E-state index in [0.717, 1.165) is 11.3 Å². The Morgan fingerprint density at radius 2 is 1.97 bits per heavy atom.